The predicted octanol–water partition coefficient (Wildman–Crippen LogP) is 4.77. The zero-order valence-corrected chi connectivity index (χ0v) is 14.0. The molecule has 3 rings (SSSR count). The number of nitrogens with zero attached hydrogens (tertiary/aromatic N) is 2. The fourth-order valence-electron chi connectivity index (χ4n) is 2.18. The summed E-state index contributed by atoms with van der Waals surface area (Å²) < 4.78 is 3.02. The van der Waals surface area contributed by atoms with Crippen LogP contribution < -0.4 is 4.80 Å². The number of aryl methyl sites for hydroxylation is 1. The molecule has 2 aromatic carbocycles. The summed E-state index contributed by atoms with van der Waals surface area (Å²) in [6.07, 6.45) is 0. The number of fused-ring (bicyclic) bond motifs is 1. The molecular weight excluding hydrogens is 339 g/mol. The molecule has 1 amide bonds. The van der Waals surface area contributed by atoms with Crippen LogP contribution in [0, 0.1) is 0 Å². The van der Waals surface area contributed by atoms with Crippen LogP contribution >= 0.6 is 34.5 Å². The molecule has 0 unspecified atom stereocenters. The number of carbonyl (C=O) groups excluding carboxylic acids is 1. The van der Waals surface area contributed by atoms with E-state index in [4.69, 9.17) is 23.2 Å². The molecule has 1 heterocycles. The second kappa shape index (κ2) is 6.24. The van der Waals surface area contributed by atoms with Gasteiger partial charge in [0.15, 0.2) is 4.80 Å². The second-order valence-corrected chi connectivity index (χ2v) is 6.55. The van der Waals surface area contributed by atoms with Crippen molar-refractivity contribution in [2.45, 2.75) is 13.5 Å². The van der Waals surface area contributed by atoms with Gasteiger partial charge < -0.3 is 4.57 Å². The number of benzene rings is 2. The van der Waals surface area contributed by atoms with Crippen molar-refractivity contribution >= 4 is 50.7 Å². The van der Waals surface area contributed by atoms with Crippen LogP contribution in [-0.2, 0) is 6.54 Å². The molecule has 22 heavy (non-hydrogen) atoms. The first-order valence-corrected chi connectivity index (χ1v) is 8.29. The van der Waals surface area contributed by atoms with E-state index in [1.54, 1.807) is 24.3 Å². The molecule has 0 spiro atoms. The largest absolute Gasteiger partial charge is 0.317 e. The molecule has 0 aliphatic heterocycles. The van der Waals surface area contributed by atoms with Crippen LogP contribution in [0.2, 0.25) is 10.0 Å². The van der Waals surface area contributed by atoms with Gasteiger partial charge in [0, 0.05) is 22.2 Å². The lowest BCUT2D eigenvalue weighted by Crippen LogP contribution is -2.15. The van der Waals surface area contributed by atoms with Crippen molar-refractivity contribution < 1.29 is 4.79 Å². The number of amides is 1. The van der Waals surface area contributed by atoms with Gasteiger partial charge in [-0.1, -0.05) is 34.5 Å². The van der Waals surface area contributed by atoms with E-state index in [-0.39, 0.29) is 5.91 Å². The third-order valence-corrected chi connectivity index (χ3v) is 4.78. The third-order valence-electron chi connectivity index (χ3n) is 3.25. The van der Waals surface area contributed by atoms with Crippen LogP contribution in [0.3, 0.4) is 0 Å². The van der Waals surface area contributed by atoms with Crippen molar-refractivity contribution in [3.8, 4) is 0 Å². The average molecular weight is 351 g/mol. The first-order valence-electron chi connectivity index (χ1n) is 6.72. The Kier molecular flexibility index (Phi) is 4.34. The highest BCUT2D eigenvalue weighted by Gasteiger charge is 2.08. The fourth-order valence-corrected chi connectivity index (χ4v) is 3.68. The van der Waals surface area contributed by atoms with E-state index in [9.17, 15) is 4.79 Å². The van der Waals surface area contributed by atoms with Crippen molar-refractivity contribution in [3.05, 3.63) is 62.9 Å². The maximum atomic E-state index is 12.3. The summed E-state index contributed by atoms with van der Waals surface area (Å²) in [5.74, 6) is -0.281. The Morgan fingerprint density at radius 3 is 2.50 bits per heavy atom. The highest BCUT2D eigenvalue weighted by atomic mass is 35.5. The maximum Gasteiger partial charge on any atom is 0.279 e. The lowest BCUT2D eigenvalue weighted by molar-refractivity contribution is 0.0998. The highest BCUT2D eigenvalue weighted by molar-refractivity contribution is 7.16. The second-order valence-electron chi connectivity index (χ2n) is 4.66. The minimum atomic E-state index is -0.281. The quantitative estimate of drug-likeness (QED) is 0.655. The molecule has 3 aromatic rings. The molecule has 0 aliphatic carbocycles. The van der Waals surface area contributed by atoms with Gasteiger partial charge in [-0.2, -0.15) is 4.99 Å². The monoisotopic (exact) mass is 350 g/mol. The highest BCUT2D eigenvalue weighted by Crippen LogP contribution is 2.22. The molecule has 6 heteroatoms. The summed E-state index contributed by atoms with van der Waals surface area (Å²) >= 11 is 13.3. The first kappa shape index (κ1) is 15.3. The zero-order valence-electron chi connectivity index (χ0n) is 11.7. The Morgan fingerprint density at radius 1 is 1.14 bits per heavy atom. The summed E-state index contributed by atoms with van der Waals surface area (Å²) in [6, 6.07) is 12.4. The molecule has 0 fully saturated rings. The van der Waals surface area contributed by atoms with Crippen LogP contribution in [0.4, 0.5) is 0 Å². The van der Waals surface area contributed by atoms with E-state index in [1.807, 2.05) is 29.7 Å². The van der Waals surface area contributed by atoms with Gasteiger partial charge in [-0.25, -0.2) is 0 Å². The molecule has 0 saturated heterocycles. The molecule has 112 valence electrons. The lowest BCUT2D eigenvalue weighted by atomic mass is 10.2. The van der Waals surface area contributed by atoms with Crippen molar-refractivity contribution in [2.24, 2.45) is 4.99 Å². The van der Waals surface area contributed by atoms with Gasteiger partial charge >= 0.3 is 0 Å². The number of halogens is 2. The number of carbonyl (C=O) groups is 1. The SMILES string of the molecule is CCn1c(=NC(=O)c2ccc(Cl)cc2)sc2cc(Cl)ccc21. The summed E-state index contributed by atoms with van der Waals surface area (Å²) in [7, 11) is 0. The van der Waals surface area contributed by atoms with Crippen LogP contribution in [0.1, 0.15) is 17.3 Å². The number of hydrogen-bond donors (Lipinski definition) is 0. The number of rotatable bonds is 2. The molecule has 0 aliphatic rings. The Hall–Kier alpha value is -1.62. The Labute approximate surface area is 141 Å². The Morgan fingerprint density at radius 2 is 1.82 bits per heavy atom. The van der Waals surface area contributed by atoms with Crippen molar-refractivity contribution in [2.75, 3.05) is 0 Å². The zero-order chi connectivity index (χ0) is 15.7. The number of thiazole rings is 1. The van der Waals surface area contributed by atoms with E-state index < -0.39 is 0 Å². The number of hydrogen-bond acceptors (Lipinski definition) is 2. The van der Waals surface area contributed by atoms with Gasteiger partial charge in [0.1, 0.15) is 0 Å². The van der Waals surface area contributed by atoms with E-state index in [0.717, 1.165) is 16.8 Å². The van der Waals surface area contributed by atoms with Crippen molar-refractivity contribution in [1.29, 1.82) is 0 Å². The minimum Gasteiger partial charge on any atom is -0.317 e. The molecular formula is C16H12Cl2N2OS. The van der Waals surface area contributed by atoms with Gasteiger partial charge in [-0.3, -0.25) is 4.79 Å². The first-order chi connectivity index (χ1) is 10.6. The van der Waals surface area contributed by atoms with Crippen LogP contribution in [0.15, 0.2) is 47.5 Å². The topological polar surface area (TPSA) is 34.4 Å². The van der Waals surface area contributed by atoms with Gasteiger partial charge in [0.25, 0.3) is 5.91 Å². The van der Waals surface area contributed by atoms with E-state index >= 15 is 0 Å². The fraction of sp³-hybridized carbons (Fsp3) is 0.125. The molecule has 0 saturated carbocycles. The summed E-state index contributed by atoms with van der Waals surface area (Å²) in [5.41, 5.74) is 1.54. The summed E-state index contributed by atoms with van der Waals surface area (Å²) in [6.45, 7) is 2.75. The van der Waals surface area contributed by atoms with Gasteiger partial charge in [-0.05, 0) is 49.4 Å². The number of aromatic nitrogens is 1. The lowest BCUT2D eigenvalue weighted by Gasteiger charge is -2.00. The molecule has 0 N–H and O–H groups in total. The third kappa shape index (κ3) is 2.95. The minimum absolute atomic E-state index is 0.281. The van der Waals surface area contributed by atoms with Crippen molar-refractivity contribution in [3.63, 3.8) is 0 Å². The van der Waals surface area contributed by atoms with Gasteiger partial charge in [0.2, 0.25) is 0 Å². The Balaban J connectivity index is 2.12. The van der Waals surface area contributed by atoms with Crippen LogP contribution in [0.25, 0.3) is 10.2 Å². The van der Waals surface area contributed by atoms with E-state index in [2.05, 4.69) is 4.99 Å². The summed E-state index contributed by atoms with van der Waals surface area (Å²) in [5, 5.41) is 1.27. The van der Waals surface area contributed by atoms with E-state index in [1.165, 1.54) is 11.3 Å². The van der Waals surface area contributed by atoms with E-state index in [0.29, 0.717) is 20.4 Å². The van der Waals surface area contributed by atoms with Crippen LogP contribution in [-0.4, -0.2) is 10.5 Å². The summed E-state index contributed by atoms with van der Waals surface area (Å²) in [4.78, 5) is 17.2. The predicted molar refractivity (Wildman–Crippen MR) is 91.8 cm³/mol. The Bertz CT molecular complexity index is 910. The standard InChI is InChI=1S/C16H12Cl2N2OS/c1-2-20-13-8-7-12(18)9-14(13)22-16(20)19-15(21)10-3-5-11(17)6-4-10/h3-9H,2H2,1H3. The maximum absolute atomic E-state index is 12.3. The smallest absolute Gasteiger partial charge is 0.279 e. The van der Waals surface area contributed by atoms with Crippen LogP contribution in [0.5, 0.6) is 0 Å². The van der Waals surface area contributed by atoms with Gasteiger partial charge in [0.05, 0.1) is 10.2 Å². The van der Waals surface area contributed by atoms with Gasteiger partial charge in [-0.15, -0.1) is 0 Å². The average Bonchev–Trinajstić information content (AvgIpc) is 2.83. The molecule has 3 nitrogen and oxygen atoms in total. The molecule has 1 aromatic heterocycles. The van der Waals surface area contributed by atoms with Crippen molar-refractivity contribution in [1.82, 2.24) is 4.57 Å². The molecule has 0 radical (unpaired) electrons. The normalized spacial score (nSPS) is 12.0. The molecule has 0 atom stereocenters. The molecule has 0 bridgehead atoms.